The van der Waals surface area contributed by atoms with Crippen LogP contribution in [0.4, 0.5) is 0 Å². The quantitative estimate of drug-likeness (QED) is 0.779. The second-order valence-corrected chi connectivity index (χ2v) is 8.43. The largest absolute Gasteiger partial charge is 0.338 e. The van der Waals surface area contributed by atoms with E-state index in [4.69, 9.17) is 33.9 Å². The molecule has 110 valence electrons. The summed E-state index contributed by atoms with van der Waals surface area (Å²) in [6, 6.07) is 5.15. The molecule has 0 saturated carbocycles. The summed E-state index contributed by atoms with van der Waals surface area (Å²) < 4.78 is 22.1. The lowest BCUT2D eigenvalue weighted by Gasteiger charge is -2.16. The topological polar surface area (TPSA) is 54.5 Å². The molecule has 4 nitrogen and oxygen atoms in total. The van der Waals surface area contributed by atoms with Gasteiger partial charge in [-0.15, -0.1) is 0 Å². The molecule has 1 saturated heterocycles. The molecule has 20 heavy (non-hydrogen) atoms. The fraction of sp³-hybridized carbons (Fsp3) is 0.417. The third-order valence-electron chi connectivity index (χ3n) is 3.09. The first-order valence-corrected chi connectivity index (χ1v) is 9.12. The zero-order valence-electron chi connectivity index (χ0n) is 10.4. The van der Waals surface area contributed by atoms with Crippen LogP contribution in [0.2, 0.25) is 10.0 Å². The summed E-state index contributed by atoms with van der Waals surface area (Å²) in [5.41, 5.74) is 0.849. The molecule has 1 fully saturated rings. The molecular formula is C12H12Cl3NO3S. The van der Waals surface area contributed by atoms with Crippen LogP contribution in [0, 0.1) is 5.92 Å². The van der Waals surface area contributed by atoms with Crippen molar-refractivity contribution >= 4 is 48.8 Å². The van der Waals surface area contributed by atoms with Crippen molar-refractivity contribution in [1.29, 1.82) is 0 Å². The minimum Gasteiger partial charge on any atom is -0.338 e. The van der Waals surface area contributed by atoms with E-state index in [0.29, 0.717) is 23.1 Å². The molecule has 0 bridgehead atoms. The maximum absolute atomic E-state index is 11.9. The SMILES string of the molecule is O=C1CC(CS(=O)(=O)Cl)CN1Cc1ccc(Cl)c(Cl)c1. The van der Waals surface area contributed by atoms with Crippen LogP contribution in [0.15, 0.2) is 18.2 Å². The second kappa shape index (κ2) is 6.10. The maximum atomic E-state index is 11.9. The van der Waals surface area contributed by atoms with Crippen LogP contribution in [-0.4, -0.2) is 31.5 Å². The lowest BCUT2D eigenvalue weighted by molar-refractivity contribution is -0.128. The van der Waals surface area contributed by atoms with Crippen LogP contribution in [0.1, 0.15) is 12.0 Å². The average Bonchev–Trinajstić information content (AvgIpc) is 2.62. The number of hydrogen-bond acceptors (Lipinski definition) is 3. The van der Waals surface area contributed by atoms with Crippen molar-refractivity contribution in [3.8, 4) is 0 Å². The Morgan fingerprint density at radius 1 is 1.25 bits per heavy atom. The van der Waals surface area contributed by atoms with E-state index < -0.39 is 9.05 Å². The Morgan fingerprint density at radius 3 is 2.55 bits per heavy atom. The Labute approximate surface area is 132 Å². The Hall–Kier alpha value is -0.490. The number of benzene rings is 1. The molecule has 0 spiro atoms. The molecule has 0 N–H and O–H groups in total. The fourth-order valence-corrected chi connectivity index (χ4v) is 3.90. The number of halogens is 3. The van der Waals surface area contributed by atoms with E-state index in [9.17, 15) is 13.2 Å². The summed E-state index contributed by atoms with van der Waals surface area (Å²) in [6.45, 7) is 0.763. The first-order chi connectivity index (χ1) is 9.24. The van der Waals surface area contributed by atoms with E-state index in [1.54, 1.807) is 23.1 Å². The van der Waals surface area contributed by atoms with Gasteiger partial charge in [0.15, 0.2) is 0 Å². The van der Waals surface area contributed by atoms with Gasteiger partial charge in [-0.3, -0.25) is 4.79 Å². The fourth-order valence-electron chi connectivity index (χ4n) is 2.26. The van der Waals surface area contributed by atoms with Gasteiger partial charge in [0.25, 0.3) is 0 Å². The zero-order valence-corrected chi connectivity index (χ0v) is 13.4. The minimum absolute atomic E-state index is 0.0820. The highest BCUT2D eigenvalue weighted by atomic mass is 35.7. The van der Waals surface area contributed by atoms with Crippen molar-refractivity contribution in [2.24, 2.45) is 5.92 Å². The molecule has 0 radical (unpaired) electrons. The summed E-state index contributed by atoms with van der Waals surface area (Å²) in [6.07, 6.45) is 0.202. The predicted octanol–water partition coefficient (Wildman–Crippen LogP) is 2.91. The summed E-state index contributed by atoms with van der Waals surface area (Å²) in [5, 5.41) is 0.880. The summed E-state index contributed by atoms with van der Waals surface area (Å²) in [4.78, 5) is 13.5. The first-order valence-electron chi connectivity index (χ1n) is 5.88. The highest BCUT2D eigenvalue weighted by Crippen LogP contribution is 2.26. The summed E-state index contributed by atoms with van der Waals surface area (Å²) in [5.74, 6) is -0.521. The molecule has 1 atom stereocenters. The number of amides is 1. The van der Waals surface area contributed by atoms with E-state index >= 15 is 0 Å². The number of hydrogen-bond donors (Lipinski definition) is 0. The third kappa shape index (κ3) is 4.25. The Balaban J connectivity index is 2.03. The van der Waals surface area contributed by atoms with Crippen LogP contribution < -0.4 is 0 Å². The number of carbonyl (C=O) groups is 1. The molecule has 2 rings (SSSR count). The smallest absolute Gasteiger partial charge is 0.232 e. The third-order valence-corrected chi connectivity index (χ3v) is 5.07. The lowest BCUT2D eigenvalue weighted by atomic mass is 10.1. The van der Waals surface area contributed by atoms with Crippen molar-refractivity contribution in [1.82, 2.24) is 4.90 Å². The van der Waals surface area contributed by atoms with Gasteiger partial charge in [-0.1, -0.05) is 29.3 Å². The van der Waals surface area contributed by atoms with Crippen LogP contribution in [0.3, 0.4) is 0 Å². The summed E-state index contributed by atoms with van der Waals surface area (Å²) in [7, 11) is 1.63. The number of likely N-dealkylation sites (tertiary alicyclic amines) is 1. The van der Waals surface area contributed by atoms with E-state index in [1.165, 1.54) is 0 Å². The van der Waals surface area contributed by atoms with Crippen molar-refractivity contribution in [2.75, 3.05) is 12.3 Å². The van der Waals surface area contributed by atoms with Crippen molar-refractivity contribution in [3.63, 3.8) is 0 Å². The van der Waals surface area contributed by atoms with E-state index in [1.807, 2.05) is 0 Å². The van der Waals surface area contributed by atoms with Gasteiger partial charge in [0.2, 0.25) is 15.0 Å². The maximum Gasteiger partial charge on any atom is 0.232 e. The molecule has 8 heteroatoms. The van der Waals surface area contributed by atoms with Gasteiger partial charge in [-0.25, -0.2) is 8.42 Å². The predicted molar refractivity (Wildman–Crippen MR) is 79.6 cm³/mol. The number of rotatable bonds is 4. The standard InChI is InChI=1S/C12H12Cl3NO3S/c13-10-2-1-8(3-11(10)14)5-16-6-9(4-12(16)17)7-20(15,18)19/h1-3,9H,4-7H2. The first kappa shape index (κ1) is 15.9. The number of nitrogens with zero attached hydrogens (tertiary/aromatic N) is 1. The van der Waals surface area contributed by atoms with Crippen molar-refractivity contribution < 1.29 is 13.2 Å². The van der Waals surface area contributed by atoms with E-state index in [0.717, 1.165) is 5.56 Å². The van der Waals surface area contributed by atoms with Crippen LogP contribution >= 0.6 is 33.9 Å². The highest BCUT2D eigenvalue weighted by molar-refractivity contribution is 8.13. The van der Waals surface area contributed by atoms with Gasteiger partial charge in [0.05, 0.1) is 15.8 Å². The van der Waals surface area contributed by atoms with Crippen molar-refractivity contribution in [3.05, 3.63) is 33.8 Å². The Morgan fingerprint density at radius 2 is 1.95 bits per heavy atom. The van der Waals surface area contributed by atoms with Crippen molar-refractivity contribution in [2.45, 2.75) is 13.0 Å². The molecule has 1 amide bonds. The molecule has 1 heterocycles. The van der Waals surface area contributed by atoms with Gasteiger partial charge in [-0.05, 0) is 17.7 Å². The zero-order chi connectivity index (χ0) is 14.9. The molecule has 1 aromatic carbocycles. The van der Waals surface area contributed by atoms with Crippen LogP contribution in [0.25, 0.3) is 0 Å². The molecule has 1 unspecified atom stereocenters. The Kier molecular flexibility index (Phi) is 4.84. The minimum atomic E-state index is -3.58. The van der Waals surface area contributed by atoms with E-state index in [-0.39, 0.29) is 24.0 Å². The average molecular weight is 357 g/mol. The lowest BCUT2D eigenvalue weighted by Crippen LogP contribution is -2.25. The van der Waals surface area contributed by atoms with Gasteiger partial charge >= 0.3 is 0 Å². The van der Waals surface area contributed by atoms with Gasteiger partial charge in [-0.2, -0.15) is 0 Å². The summed E-state index contributed by atoms with van der Waals surface area (Å²) >= 11 is 11.7. The molecule has 0 aromatic heterocycles. The molecule has 0 aliphatic carbocycles. The van der Waals surface area contributed by atoms with Gasteiger partial charge < -0.3 is 4.90 Å². The van der Waals surface area contributed by atoms with Gasteiger partial charge in [0, 0.05) is 36.1 Å². The Bertz CT molecular complexity index is 633. The van der Waals surface area contributed by atoms with Crippen LogP contribution in [0.5, 0.6) is 0 Å². The van der Waals surface area contributed by atoms with E-state index in [2.05, 4.69) is 0 Å². The van der Waals surface area contributed by atoms with Crippen LogP contribution in [-0.2, 0) is 20.4 Å². The normalized spacial score (nSPS) is 19.6. The second-order valence-electron chi connectivity index (χ2n) is 4.80. The molecule has 1 aliphatic rings. The van der Waals surface area contributed by atoms with Gasteiger partial charge in [0.1, 0.15) is 0 Å². The molecular weight excluding hydrogens is 345 g/mol. The highest BCUT2D eigenvalue weighted by Gasteiger charge is 2.32. The monoisotopic (exact) mass is 355 g/mol. The number of carbonyl (C=O) groups excluding carboxylic acids is 1. The molecule has 1 aromatic rings. The molecule has 1 aliphatic heterocycles.